The molecule has 0 N–H and O–H groups in total. The Kier molecular flexibility index (Phi) is 5.35. The van der Waals surface area contributed by atoms with Crippen molar-refractivity contribution in [3.63, 3.8) is 0 Å². The number of aryl methyl sites for hydroxylation is 2. The first-order valence-electron chi connectivity index (χ1n) is 9.87. The van der Waals surface area contributed by atoms with Gasteiger partial charge in [-0.15, -0.1) is 0 Å². The monoisotopic (exact) mass is 360 g/mol. The van der Waals surface area contributed by atoms with E-state index in [1.54, 1.807) is 0 Å². The van der Waals surface area contributed by atoms with Crippen LogP contribution >= 0.6 is 0 Å². The summed E-state index contributed by atoms with van der Waals surface area (Å²) in [6.07, 6.45) is 7.45. The lowest BCUT2D eigenvalue weighted by molar-refractivity contribution is 0.198. The molecule has 1 aliphatic heterocycles. The maximum absolute atomic E-state index is 5.02. The minimum absolute atomic E-state index is 0.521. The molecule has 3 heterocycles. The molecule has 1 aliphatic rings. The Morgan fingerprint density at radius 2 is 2.00 bits per heavy atom. The Morgan fingerprint density at radius 3 is 2.81 bits per heavy atom. The molecule has 0 saturated carbocycles. The first-order chi connectivity index (χ1) is 13.2. The first kappa shape index (κ1) is 17.9. The van der Waals surface area contributed by atoms with Crippen molar-refractivity contribution >= 4 is 0 Å². The van der Waals surface area contributed by atoms with Gasteiger partial charge < -0.3 is 0 Å². The standard InChI is InChI=1S/C23H28N4/c1-18-6-3-7-19(12-18)13-22-9-4-10-23(25-22)21-8-5-11-27(17-21)16-20-14-24-26(2)15-20/h3-4,6-7,9-10,12,14-15,21H,5,8,11,13,16-17H2,1-2H3/t21-/m0/s1. The smallest absolute Gasteiger partial charge is 0.0534 e. The highest BCUT2D eigenvalue weighted by molar-refractivity contribution is 5.27. The number of hydrogen-bond acceptors (Lipinski definition) is 3. The number of nitrogens with zero attached hydrogens (tertiary/aromatic N) is 4. The first-order valence-corrected chi connectivity index (χ1v) is 9.87. The second-order valence-corrected chi connectivity index (χ2v) is 7.82. The molecule has 0 aliphatic carbocycles. The van der Waals surface area contributed by atoms with Crippen LogP contribution in [-0.2, 0) is 20.0 Å². The summed E-state index contributed by atoms with van der Waals surface area (Å²) in [5, 5.41) is 4.29. The highest BCUT2D eigenvalue weighted by Crippen LogP contribution is 2.27. The second kappa shape index (κ2) is 8.05. The minimum atomic E-state index is 0.521. The van der Waals surface area contributed by atoms with Gasteiger partial charge in [0.05, 0.1) is 6.20 Å². The topological polar surface area (TPSA) is 34.0 Å². The van der Waals surface area contributed by atoms with Gasteiger partial charge in [-0.1, -0.05) is 35.9 Å². The van der Waals surface area contributed by atoms with Crippen LogP contribution in [0.5, 0.6) is 0 Å². The summed E-state index contributed by atoms with van der Waals surface area (Å²) in [5.41, 5.74) is 6.35. The van der Waals surface area contributed by atoms with Crippen LogP contribution in [0.2, 0.25) is 0 Å². The number of rotatable bonds is 5. The quantitative estimate of drug-likeness (QED) is 0.687. The molecule has 0 bridgehead atoms. The third-order valence-electron chi connectivity index (χ3n) is 5.38. The van der Waals surface area contributed by atoms with Crippen molar-refractivity contribution in [1.29, 1.82) is 0 Å². The third-order valence-corrected chi connectivity index (χ3v) is 5.38. The lowest BCUT2D eigenvalue weighted by Crippen LogP contribution is -2.34. The van der Waals surface area contributed by atoms with Crippen LogP contribution in [0.1, 0.15) is 46.8 Å². The van der Waals surface area contributed by atoms with Crippen molar-refractivity contribution in [1.82, 2.24) is 19.7 Å². The van der Waals surface area contributed by atoms with Crippen LogP contribution in [0.4, 0.5) is 0 Å². The van der Waals surface area contributed by atoms with E-state index in [1.165, 1.54) is 40.9 Å². The Hall–Kier alpha value is -2.46. The summed E-state index contributed by atoms with van der Waals surface area (Å²) in [7, 11) is 1.98. The zero-order chi connectivity index (χ0) is 18.6. The summed E-state index contributed by atoms with van der Waals surface area (Å²) in [4.78, 5) is 7.57. The largest absolute Gasteiger partial charge is 0.298 e. The van der Waals surface area contributed by atoms with E-state index in [2.05, 4.69) is 65.6 Å². The van der Waals surface area contributed by atoms with Crippen LogP contribution in [0.25, 0.3) is 0 Å². The summed E-state index contributed by atoms with van der Waals surface area (Å²) in [6.45, 7) is 5.36. The van der Waals surface area contributed by atoms with Gasteiger partial charge in [0, 0.05) is 55.6 Å². The van der Waals surface area contributed by atoms with Crippen LogP contribution in [0, 0.1) is 6.92 Å². The molecule has 2 aromatic heterocycles. The molecular formula is C23H28N4. The molecule has 0 radical (unpaired) electrons. The molecule has 1 fully saturated rings. The van der Waals surface area contributed by atoms with Gasteiger partial charge in [-0.25, -0.2) is 0 Å². The zero-order valence-electron chi connectivity index (χ0n) is 16.3. The van der Waals surface area contributed by atoms with E-state index < -0.39 is 0 Å². The van der Waals surface area contributed by atoms with Gasteiger partial charge in [-0.05, 0) is 44.0 Å². The normalized spacial score (nSPS) is 17.9. The second-order valence-electron chi connectivity index (χ2n) is 7.82. The molecule has 0 spiro atoms. The van der Waals surface area contributed by atoms with Crippen molar-refractivity contribution in [3.8, 4) is 0 Å². The zero-order valence-corrected chi connectivity index (χ0v) is 16.3. The van der Waals surface area contributed by atoms with Crippen molar-refractivity contribution in [2.45, 2.75) is 38.6 Å². The molecule has 140 valence electrons. The lowest BCUT2D eigenvalue weighted by Gasteiger charge is -2.32. The van der Waals surface area contributed by atoms with Crippen molar-refractivity contribution < 1.29 is 0 Å². The molecule has 27 heavy (non-hydrogen) atoms. The van der Waals surface area contributed by atoms with E-state index in [-0.39, 0.29) is 0 Å². The number of benzene rings is 1. The molecule has 1 atom stereocenters. The molecule has 3 aromatic rings. The maximum Gasteiger partial charge on any atom is 0.0534 e. The van der Waals surface area contributed by atoms with E-state index in [4.69, 9.17) is 4.98 Å². The fraction of sp³-hybridized carbons (Fsp3) is 0.391. The minimum Gasteiger partial charge on any atom is -0.298 e. The fourth-order valence-electron chi connectivity index (χ4n) is 4.11. The molecule has 4 rings (SSSR count). The number of piperidine rings is 1. The molecule has 1 saturated heterocycles. The van der Waals surface area contributed by atoms with E-state index in [0.29, 0.717) is 5.92 Å². The van der Waals surface area contributed by atoms with Crippen LogP contribution < -0.4 is 0 Å². The van der Waals surface area contributed by atoms with Gasteiger partial charge >= 0.3 is 0 Å². The molecule has 0 amide bonds. The number of aromatic nitrogens is 3. The maximum atomic E-state index is 5.02. The van der Waals surface area contributed by atoms with Gasteiger partial charge in [-0.2, -0.15) is 5.10 Å². The van der Waals surface area contributed by atoms with Gasteiger partial charge in [0.15, 0.2) is 0 Å². The van der Waals surface area contributed by atoms with Crippen LogP contribution in [0.3, 0.4) is 0 Å². The average Bonchev–Trinajstić information content (AvgIpc) is 3.07. The van der Waals surface area contributed by atoms with E-state index in [9.17, 15) is 0 Å². The van der Waals surface area contributed by atoms with Gasteiger partial charge in [0.1, 0.15) is 0 Å². The summed E-state index contributed by atoms with van der Waals surface area (Å²) in [6, 6.07) is 15.3. The summed E-state index contributed by atoms with van der Waals surface area (Å²) >= 11 is 0. The Balaban J connectivity index is 1.44. The highest BCUT2D eigenvalue weighted by atomic mass is 15.2. The fourth-order valence-corrected chi connectivity index (χ4v) is 4.11. The van der Waals surface area contributed by atoms with E-state index in [1.807, 2.05) is 17.9 Å². The molecule has 1 aromatic carbocycles. The van der Waals surface area contributed by atoms with Gasteiger partial charge in [0.2, 0.25) is 0 Å². The number of pyridine rings is 1. The number of likely N-dealkylation sites (tertiary alicyclic amines) is 1. The molecule has 0 unspecified atom stereocenters. The third kappa shape index (κ3) is 4.64. The predicted molar refractivity (Wildman–Crippen MR) is 109 cm³/mol. The van der Waals surface area contributed by atoms with Crippen LogP contribution in [0.15, 0.2) is 54.9 Å². The van der Waals surface area contributed by atoms with E-state index >= 15 is 0 Å². The van der Waals surface area contributed by atoms with Crippen molar-refractivity contribution in [3.05, 3.63) is 82.9 Å². The summed E-state index contributed by atoms with van der Waals surface area (Å²) in [5.74, 6) is 0.521. The molecule has 4 heteroatoms. The summed E-state index contributed by atoms with van der Waals surface area (Å²) < 4.78 is 1.88. The average molecular weight is 361 g/mol. The molecule has 4 nitrogen and oxygen atoms in total. The van der Waals surface area contributed by atoms with Crippen molar-refractivity contribution in [2.24, 2.45) is 7.05 Å². The van der Waals surface area contributed by atoms with Crippen molar-refractivity contribution in [2.75, 3.05) is 13.1 Å². The SMILES string of the molecule is Cc1cccc(Cc2cccc([C@H]3CCCN(Cc4cnn(C)c4)C3)n2)c1. The van der Waals surface area contributed by atoms with Crippen LogP contribution in [-0.4, -0.2) is 32.8 Å². The Morgan fingerprint density at radius 1 is 1.11 bits per heavy atom. The van der Waals surface area contributed by atoms with E-state index in [0.717, 1.165) is 26.1 Å². The Labute approximate surface area is 161 Å². The lowest BCUT2D eigenvalue weighted by atomic mass is 9.93. The molecular weight excluding hydrogens is 332 g/mol. The highest BCUT2D eigenvalue weighted by Gasteiger charge is 2.22. The van der Waals surface area contributed by atoms with Gasteiger partial charge in [-0.3, -0.25) is 14.6 Å². The predicted octanol–water partition coefficient (Wildman–Crippen LogP) is 4.09. The van der Waals surface area contributed by atoms with Gasteiger partial charge in [0.25, 0.3) is 0 Å². The number of hydrogen-bond donors (Lipinski definition) is 0. The Bertz CT molecular complexity index is 899.